The fourth-order valence-electron chi connectivity index (χ4n) is 2.84. The summed E-state index contributed by atoms with van der Waals surface area (Å²) in [6.07, 6.45) is 2.17. The molecule has 1 amide bonds. The number of aryl methyl sites for hydroxylation is 1. The number of rotatable bonds is 7. The number of carbonyl (C=O) groups is 1. The van der Waals surface area contributed by atoms with Crippen molar-refractivity contribution in [3.8, 4) is 0 Å². The average Bonchev–Trinajstić information content (AvgIpc) is 2.58. The standard InChI is InChI=1S/C19H23ClN2O3S/c1-4-14-9-6-7-12-17(14)21-19(23)18(5-2)22(26(3,24)25)16-11-8-10-15(20)13-16/h6-13,18H,4-5H2,1-3H3,(H,21,23). The van der Waals surface area contributed by atoms with Crippen molar-refractivity contribution in [1.82, 2.24) is 0 Å². The Morgan fingerprint density at radius 3 is 2.42 bits per heavy atom. The summed E-state index contributed by atoms with van der Waals surface area (Å²) in [5.41, 5.74) is 2.05. The summed E-state index contributed by atoms with van der Waals surface area (Å²) in [6, 6.07) is 13.1. The smallest absolute Gasteiger partial charge is 0.248 e. The van der Waals surface area contributed by atoms with Gasteiger partial charge in [0.2, 0.25) is 15.9 Å². The van der Waals surface area contributed by atoms with Gasteiger partial charge in [-0.05, 0) is 42.7 Å². The zero-order valence-electron chi connectivity index (χ0n) is 15.1. The number of anilines is 2. The molecule has 1 N–H and O–H groups in total. The first kappa shape index (κ1) is 20.3. The first-order valence-electron chi connectivity index (χ1n) is 8.41. The highest BCUT2D eigenvalue weighted by Gasteiger charge is 2.31. The second-order valence-electron chi connectivity index (χ2n) is 5.96. The molecule has 5 nitrogen and oxygen atoms in total. The Kier molecular flexibility index (Phi) is 6.67. The topological polar surface area (TPSA) is 66.5 Å². The highest BCUT2D eigenvalue weighted by Crippen LogP contribution is 2.26. The number of nitrogens with one attached hydrogen (secondary N) is 1. The van der Waals surface area contributed by atoms with Gasteiger partial charge in [-0.2, -0.15) is 0 Å². The molecule has 0 bridgehead atoms. The van der Waals surface area contributed by atoms with Crippen molar-refractivity contribution in [2.75, 3.05) is 15.9 Å². The number of hydrogen-bond donors (Lipinski definition) is 1. The van der Waals surface area contributed by atoms with E-state index in [4.69, 9.17) is 11.6 Å². The van der Waals surface area contributed by atoms with E-state index in [-0.39, 0.29) is 5.91 Å². The molecule has 0 heterocycles. The molecule has 1 unspecified atom stereocenters. The Bertz CT molecular complexity index is 884. The number of sulfonamides is 1. The monoisotopic (exact) mass is 394 g/mol. The second-order valence-corrected chi connectivity index (χ2v) is 8.26. The Morgan fingerprint density at radius 2 is 1.85 bits per heavy atom. The lowest BCUT2D eigenvalue weighted by Crippen LogP contribution is -2.47. The maximum Gasteiger partial charge on any atom is 0.248 e. The van der Waals surface area contributed by atoms with Gasteiger partial charge in [-0.25, -0.2) is 8.42 Å². The van der Waals surface area contributed by atoms with Crippen LogP contribution in [-0.2, 0) is 21.2 Å². The van der Waals surface area contributed by atoms with Crippen LogP contribution in [0, 0.1) is 0 Å². The van der Waals surface area contributed by atoms with Crippen LogP contribution in [0.3, 0.4) is 0 Å². The number of halogens is 1. The molecule has 7 heteroatoms. The molecule has 1 atom stereocenters. The van der Waals surface area contributed by atoms with Gasteiger partial charge >= 0.3 is 0 Å². The van der Waals surface area contributed by atoms with Crippen LogP contribution < -0.4 is 9.62 Å². The molecule has 140 valence electrons. The molecule has 0 saturated heterocycles. The van der Waals surface area contributed by atoms with Crippen molar-refractivity contribution in [1.29, 1.82) is 0 Å². The van der Waals surface area contributed by atoms with Crippen LogP contribution in [0.25, 0.3) is 0 Å². The lowest BCUT2D eigenvalue weighted by atomic mass is 10.1. The largest absolute Gasteiger partial charge is 0.324 e. The molecule has 0 radical (unpaired) electrons. The predicted molar refractivity (Wildman–Crippen MR) is 107 cm³/mol. The van der Waals surface area contributed by atoms with E-state index < -0.39 is 16.1 Å². The van der Waals surface area contributed by atoms with Crippen LogP contribution in [0.15, 0.2) is 48.5 Å². The Balaban J connectivity index is 2.40. The highest BCUT2D eigenvalue weighted by atomic mass is 35.5. The predicted octanol–water partition coefficient (Wildman–Crippen LogP) is 4.09. The fourth-order valence-corrected chi connectivity index (χ4v) is 4.23. The van der Waals surface area contributed by atoms with E-state index in [2.05, 4.69) is 5.32 Å². The molecule has 2 aromatic rings. The zero-order chi connectivity index (χ0) is 19.3. The van der Waals surface area contributed by atoms with Crippen molar-refractivity contribution < 1.29 is 13.2 Å². The molecule has 2 aromatic carbocycles. The minimum Gasteiger partial charge on any atom is -0.324 e. The second kappa shape index (κ2) is 8.56. The Morgan fingerprint density at radius 1 is 1.15 bits per heavy atom. The molecule has 26 heavy (non-hydrogen) atoms. The highest BCUT2D eigenvalue weighted by molar-refractivity contribution is 7.92. The molecule has 2 rings (SSSR count). The van der Waals surface area contributed by atoms with Crippen LogP contribution >= 0.6 is 11.6 Å². The normalized spacial score (nSPS) is 12.5. The van der Waals surface area contributed by atoms with Crippen LogP contribution in [0.4, 0.5) is 11.4 Å². The number of nitrogens with zero attached hydrogens (tertiary/aromatic N) is 1. The van der Waals surface area contributed by atoms with Gasteiger partial charge < -0.3 is 5.32 Å². The molecule has 0 aliphatic carbocycles. The van der Waals surface area contributed by atoms with Gasteiger partial charge in [-0.15, -0.1) is 0 Å². The van der Waals surface area contributed by atoms with E-state index in [9.17, 15) is 13.2 Å². The van der Waals surface area contributed by atoms with Gasteiger partial charge in [-0.1, -0.05) is 49.7 Å². The summed E-state index contributed by atoms with van der Waals surface area (Å²) in [5.74, 6) is -0.376. The summed E-state index contributed by atoms with van der Waals surface area (Å²) in [5, 5.41) is 3.28. The van der Waals surface area contributed by atoms with Crippen molar-refractivity contribution in [2.24, 2.45) is 0 Å². The summed E-state index contributed by atoms with van der Waals surface area (Å²) < 4.78 is 26.0. The maximum absolute atomic E-state index is 12.9. The minimum atomic E-state index is -3.69. The lowest BCUT2D eigenvalue weighted by molar-refractivity contribution is -0.117. The molecule has 0 aliphatic heterocycles. The summed E-state index contributed by atoms with van der Waals surface area (Å²) in [7, 11) is -3.69. The van der Waals surface area contributed by atoms with Crippen LogP contribution in [0.1, 0.15) is 25.8 Å². The first-order chi connectivity index (χ1) is 12.3. The number of hydrogen-bond acceptors (Lipinski definition) is 3. The molecular formula is C19H23ClN2O3S. The summed E-state index contributed by atoms with van der Waals surface area (Å²) in [6.45, 7) is 3.77. The molecule has 0 saturated carbocycles. The van der Waals surface area contributed by atoms with Crippen LogP contribution in [0.2, 0.25) is 5.02 Å². The third kappa shape index (κ3) is 4.77. The van der Waals surface area contributed by atoms with Gasteiger partial charge in [-0.3, -0.25) is 9.10 Å². The van der Waals surface area contributed by atoms with Gasteiger partial charge in [0, 0.05) is 10.7 Å². The quantitative estimate of drug-likeness (QED) is 0.769. The Hall–Kier alpha value is -2.05. The third-order valence-electron chi connectivity index (χ3n) is 4.05. The maximum atomic E-state index is 12.9. The third-order valence-corrected chi connectivity index (χ3v) is 5.46. The molecular weight excluding hydrogens is 372 g/mol. The molecule has 0 spiro atoms. The van der Waals surface area contributed by atoms with E-state index in [1.807, 2.05) is 31.2 Å². The van der Waals surface area contributed by atoms with Crippen LogP contribution in [0.5, 0.6) is 0 Å². The average molecular weight is 395 g/mol. The molecule has 0 aromatic heterocycles. The summed E-state index contributed by atoms with van der Waals surface area (Å²) in [4.78, 5) is 12.9. The van der Waals surface area contributed by atoms with E-state index in [0.29, 0.717) is 22.8 Å². The first-order valence-corrected chi connectivity index (χ1v) is 10.6. The number of amides is 1. The van der Waals surface area contributed by atoms with Crippen molar-refractivity contribution in [3.05, 3.63) is 59.1 Å². The molecule has 0 fully saturated rings. The van der Waals surface area contributed by atoms with Crippen LogP contribution in [-0.4, -0.2) is 26.6 Å². The van der Waals surface area contributed by atoms with E-state index >= 15 is 0 Å². The number of para-hydroxylation sites is 1. The minimum absolute atomic E-state index is 0.319. The van der Waals surface area contributed by atoms with Crippen molar-refractivity contribution in [2.45, 2.75) is 32.7 Å². The zero-order valence-corrected chi connectivity index (χ0v) is 16.6. The number of benzene rings is 2. The van der Waals surface area contributed by atoms with Gasteiger partial charge in [0.25, 0.3) is 0 Å². The fraction of sp³-hybridized carbons (Fsp3) is 0.316. The molecule has 0 aliphatic rings. The van der Waals surface area contributed by atoms with E-state index in [1.54, 1.807) is 31.2 Å². The summed E-state index contributed by atoms with van der Waals surface area (Å²) >= 11 is 6.01. The number of carbonyl (C=O) groups excluding carboxylic acids is 1. The van der Waals surface area contributed by atoms with Gasteiger partial charge in [0.05, 0.1) is 11.9 Å². The Labute approximate surface area is 160 Å². The van der Waals surface area contributed by atoms with Gasteiger partial charge in [0.15, 0.2) is 0 Å². The van der Waals surface area contributed by atoms with Gasteiger partial charge in [0.1, 0.15) is 6.04 Å². The van der Waals surface area contributed by atoms with E-state index in [0.717, 1.165) is 22.5 Å². The van der Waals surface area contributed by atoms with E-state index in [1.165, 1.54) is 0 Å². The van der Waals surface area contributed by atoms with Crippen molar-refractivity contribution >= 4 is 38.9 Å². The van der Waals surface area contributed by atoms with Crippen molar-refractivity contribution in [3.63, 3.8) is 0 Å². The lowest BCUT2D eigenvalue weighted by Gasteiger charge is -2.30. The SMILES string of the molecule is CCc1ccccc1NC(=O)C(CC)N(c1cccc(Cl)c1)S(C)(=O)=O.